The van der Waals surface area contributed by atoms with Crippen LogP contribution < -0.4 is 5.32 Å². The minimum atomic E-state index is -0.0734. The summed E-state index contributed by atoms with van der Waals surface area (Å²) in [4.78, 5) is 12.2. The number of nitrogens with zero attached hydrogens (tertiary/aromatic N) is 2. The zero-order chi connectivity index (χ0) is 15.4. The quantitative estimate of drug-likeness (QED) is 0.918. The SMILES string of the molecule is Cc1cc(C(=O)NCCC2CCCC2)nn1-c1ccccc1. The van der Waals surface area contributed by atoms with Crippen molar-refractivity contribution in [1.82, 2.24) is 15.1 Å². The Hall–Kier alpha value is -2.10. The molecule has 4 nitrogen and oxygen atoms in total. The molecule has 1 fully saturated rings. The molecule has 1 amide bonds. The minimum absolute atomic E-state index is 0.0734. The fourth-order valence-electron chi connectivity index (χ4n) is 3.20. The summed E-state index contributed by atoms with van der Waals surface area (Å²) in [6.45, 7) is 2.72. The van der Waals surface area contributed by atoms with Crippen molar-refractivity contribution >= 4 is 5.91 Å². The summed E-state index contributed by atoms with van der Waals surface area (Å²) in [6, 6.07) is 11.7. The molecule has 22 heavy (non-hydrogen) atoms. The van der Waals surface area contributed by atoms with Crippen molar-refractivity contribution in [3.63, 3.8) is 0 Å². The van der Waals surface area contributed by atoms with E-state index < -0.39 is 0 Å². The molecule has 1 aromatic heterocycles. The zero-order valence-corrected chi connectivity index (χ0v) is 13.1. The zero-order valence-electron chi connectivity index (χ0n) is 13.1. The summed E-state index contributed by atoms with van der Waals surface area (Å²) < 4.78 is 1.81. The molecule has 0 unspecified atom stereocenters. The number of hydrogen-bond acceptors (Lipinski definition) is 2. The lowest BCUT2D eigenvalue weighted by Gasteiger charge is -2.08. The fraction of sp³-hybridized carbons (Fsp3) is 0.444. The number of carbonyl (C=O) groups excluding carboxylic acids is 1. The topological polar surface area (TPSA) is 46.9 Å². The molecule has 2 aromatic rings. The molecule has 116 valence electrons. The van der Waals surface area contributed by atoms with Crippen LogP contribution >= 0.6 is 0 Å². The Morgan fingerprint density at radius 3 is 2.73 bits per heavy atom. The number of nitrogens with one attached hydrogen (secondary N) is 1. The summed E-state index contributed by atoms with van der Waals surface area (Å²) in [5.74, 6) is 0.722. The number of aromatic nitrogens is 2. The van der Waals surface area contributed by atoms with E-state index in [0.717, 1.165) is 30.3 Å². The van der Waals surface area contributed by atoms with E-state index in [1.165, 1.54) is 25.7 Å². The molecule has 1 aromatic carbocycles. The van der Waals surface area contributed by atoms with Crippen LogP contribution in [0.2, 0.25) is 0 Å². The second kappa shape index (κ2) is 6.77. The Labute approximate surface area is 131 Å². The Morgan fingerprint density at radius 2 is 2.00 bits per heavy atom. The lowest BCUT2D eigenvalue weighted by molar-refractivity contribution is 0.0946. The number of para-hydroxylation sites is 1. The van der Waals surface area contributed by atoms with Crippen LogP contribution in [-0.2, 0) is 0 Å². The average Bonchev–Trinajstić information content (AvgIpc) is 3.17. The molecular formula is C18H23N3O. The smallest absolute Gasteiger partial charge is 0.271 e. The van der Waals surface area contributed by atoms with Gasteiger partial charge in [0.25, 0.3) is 5.91 Å². The molecule has 0 spiro atoms. The average molecular weight is 297 g/mol. The van der Waals surface area contributed by atoms with Crippen molar-refractivity contribution in [3.05, 3.63) is 47.8 Å². The van der Waals surface area contributed by atoms with Crippen LogP contribution in [0.5, 0.6) is 0 Å². The summed E-state index contributed by atoms with van der Waals surface area (Å²) in [7, 11) is 0. The van der Waals surface area contributed by atoms with Gasteiger partial charge >= 0.3 is 0 Å². The molecule has 1 saturated carbocycles. The maximum absolute atomic E-state index is 12.2. The molecule has 1 aliphatic carbocycles. The third-order valence-corrected chi connectivity index (χ3v) is 4.43. The van der Waals surface area contributed by atoms with Crippen molar-refractivity contribution in [3.8, 4) is 5.69 Å². The number of carbonyl (C=O) groups is 1. The van der Waals surface area contributed by atoms with Gasteiger partial charge in [-0.15, -0.1) is 0 Å². The second-order valence-corrected chi connectivity index (χ2v) is 6.11. The maximum atomic E-state index is 12.2. The van der Waals surface area contributed by atoms with Gasteiger partial charge in [0.15, 0.2) is 5.69 Å². The summed E-state index contributed by atoms with van der Waals surface area (Å²) in [5.41, 5.74) is 2.44. The van der Waals surface area contributed by atoms with Crippen LogP contribution in [0.3, 0.4) is 0 Å². The van der Waals surface area contributed by atoms with Crippen LogP contribution in [0.1, 0.15) is 48.3 Å². The van der Waals surface area contributed by atoms with Gasteiger partial charge in [0, 0.05) is 12.2 Å². The van der Waals surface area contributed by atoms with E-state index >= 15 is 0 Å². The van der Waals surface area contributed by atoms with Gasteiger partial charge in [-0.1, -0.05) is 43.9 Å². The summed E-state index contributed by atoms with van der Waals surface area (Å²) >= 11 is 0. The monoisotopic (exact) mass is 297 g/mol. The summed E-state index contributed by atoms with van der Waals surface area (Å²) in [5, 5.41) is 7.44. The maximum Gasteiger partial charge on any atom is 0.271 e. The van der Waals surface area contributed by atoms with Crippen LogP contribution in [0, 0.1) is 12.8 Å². The first kappa shape index (κ1) is 14.8. The number of amides is 1. The van der Waals surface area contributed by atoms with Crippen molar-refractivity contribution in [2.75, 3.05) is 6.54 Å². The van der Waals surface area contributed by atoms with E-state index in [2.05, 4.69) is 10.4 Å². The first-order valence-electron chi connectivity index (χ1n) is 8.14. The van der Waals surface area contributed by atoms with E-state index in [-0.39, 0.29) is 5.91 Å². The van der Waals surface area contributed by atoms with Gasteiger partial charge in [-0.05, 0) is 37.5 Å². The molecule has 1 N–H and O–H groups in total. The molecule has 1 heterocycles. The normalized spacial score (nSPS) is 15.1. The van der Waals surface area contributed by atoms with Crippen molar-refractivity contribution in [1.29, 1.82) is 0 Å². The Morgan fingerprint density at radius 1 is 1.27 bits per heavy atom. The highest BCUT2D eigenvalue weighted by Gasteiger charge is 2.16. The molecule has 3 rings (SSSR count). The van der Waals surface area contributed by atoms with E-state index in [1.807, 2.05) is 48.0 Å². The first-order valence-corrected chi connectivity index (χ1v) is 8.14. The van der Waals surface area contributed by atoms with Gasteiger partial charge in [0.05, 0.1) is 5.69 Å². The highest BCUT2D eigenvalue weighted by atomic mass is 16.1. The van der Waals surface area contributed by atoms with Gasteiger partial charge in [0.1, 0.15) is 0 Å². The Balaban J connectivity index is 1.61. The first-order chi connectivity index (χ1) is 10.7. The van der Waals surface area contributed by atoms with Gasteiger partial charge < -0.3 is 5.32 Å². The molecule has 0 aliphatic heterocycles. The minimum Gasteiger partial charge on any atom is -0.351 e. The highest BCUT2D eigenvalue weighted by Crippen LogP contribution is 2.26. The van der Waals surface area contributed by atoms with E-state index in [4.69, 9.17) is 0 Å². The predicted molar refractivity (Wildman–Crippen MR) is 87.2 cm³/mol. The molecule has 0 saturated heterocycles. The van der Waals surface area contributed by atoms with Crippen LogP contribution in [0.15, 0.2) is 36.4 Å². The van der Waals surface area contributed by atoms with E-state index in [1.54, 1.807) is 0 Å². The van der Waals surface area contributed by atoms with Crippen molar-refractivity contribution < 1.29 is 4.79 Å². The van der Waals surface area contributed by atoms with Crippen LogP contribution in [-0.4, -0.2) is 22.2 Å². The lowest BCUT2D eigenvalue weighted by Crippen LogP contribution is -2.26. The van der Waals surface area contributed by atoms with Crippen LogP contribution in [0.25, 0.3) is 5.69 Å². The largest absolute Gasteiger partial charge is 0.351 e. The standard InChI is InChI=1S/C18H23N3O/c1-14-13-17(20-21(14)16-9-3-2-4-10-16)18(22)19-12-11-15-7-5-6-8-15/h2-4,9-10,13,15H,5-8,11-12H2,1H3,(H,19,22). The molecule has 4 heteroatoms. The number of aryl methyl sites for hydroxylation is 1. The van der Waals surface area contributed by atoms with Crippen LogP contribution in [0.4, 0.5) is 0 Å². The molecule has 0 radical (unpaired) electrons. The number of rotatable bonds is 5. The van der Waals surface area contributed by atoms with E-state index in [9.17, 15) is 4.79 Å². The lowest BCUT2D eigenvalue weighted by atomic mass is 10.0. The molecular weight excluding hydrogens is 274 g/mol. The molecule has 1 aliphatic rings. The van der Waals surface area contributed by atoms with Gasteiger partial charge in [-0.3, -0.25) is 4.79 Å². The van der Waals surface area contributed by atoms with Crippen molar-refractivity contribution in [2.45, 2.75) is 39.0 Å². The van der Waals surface area contributed by atoms with Crippen molar-refractivity contribution in [2.24, 2.45) is 5.92 Å². The van der Waals surface area contributed by atoms with Gasteiger partial charge in [0.2, 0.25) is 0 Å². The van der Waals surface area contributed by atoms with Gasteiger partial charge in [-0.2, -0.15) is 5.10 Å². The second-order valence-electron chi connectivity index (χ2n) is 6.11. The van der Waals surface area contributed by atoms with Gasteiger partial charge in [-0.25, -0.2) is 4.68 Å². The Kier molecular flexibility index (Phi) is 4.56. The molecule has 0 bridgehead atoms. The number of benzene rings is 1. The van der Waals surface area contributed by atoms with E-state index in [0.29, 0.717) is 5.69 Å². The summed E-state index contributed by atoms with van der Waals surface area (Å²) in [6.07, 6.45) is 6.41. The Bertz CT molecular complexity index is 627. The number of hydrogen-bond donors (Lipinski definition) is 1. The third kappa shape index (κ3) is 3.38. The third-order valence-electron chi connectivity index (χ3n) is 4.43. The highest BCUT2D eigenvalue weighted by molar-refractivity contribution is 5.92. The molecule has 0 atom stereocenters. The fourth-order valence-corrected chi connectivity index (χ4v) is 3.20. The predicted octanol–water partition coefficient (Wildman–Crippen LogP) is 3.49.